The molecule has 0 N–H and O–H groups in total. The first-order valence-electron chi connectivity index (χ1n) is 5.97. The largest absolute Gasteiger partial charge is 0.462 e. The Morgan fingerprint density at radius 1 is 1.33 bits per heavy atom. The van der Waals surface area contributed by atoms with E-state index in [9.17, 15) is 9.59 Å². The Morgan fingerprint density at radius 3 is 2.56 bits per heavy atom. The molecule has 4 nitrogen and oxygen atoms in total. The molecule has 0 saturated carbocycles. The summed E-state index contributed by atoms with van der Waals surface area (Å²) in [6, 6.07) is 7.31. The van der Waals surface area contributed by atoms with E-state index in [1.165, 1.54) is 4.90 Å². The van der Waals surface area contributed by atoms with Crippen LogP contribution in [-0.4, -0.2) is 25.0 Å². The van der Waals surface area contributed by atoms with Gasteiger partial charge in [0.1, 0.15) is 0 Å². The van der Waals surface area contributed by atoms with Crippen LogP contribution < -0.4 is 4.90 Å². The number of para-hydroxylation sites is 1. The Bertz CT molecular complexity index is 510. The molecule has 1 aromatic rings. The average Bonchev–Trinajstić information content (AvgIpc) is 2.53. The number of hydrogen-bond acceptors (Lipinski definition) is 3. The maximum Gasteiger partial charge on any atom is 0.326 e. The molecule has 1 atom stereocenters. The van der Waals surface area contributed by atoms with Gasteiger partial charge >= 0.3 is 5.97 Å². The molecule has 1 aliphatic heterocycles. The van der Waals surface area contributed by atoms with E-state index in [-0.39, 0.29) is 12.0 Å². The Labute approximate surface area is 107 Å². The van der Waals surface area contributed by atoms with Crippen LogP contribution in [0, 0.1) is 0 Å². The average molecular weight is 247 g/mol. The highest BCUT2D eigenvalue weighted by molar-refractivity contribution is 6.19. The summed E-state index contributed by atoms with van der Waals surface area (Å²) < 4.78 is 5.23. The second-order valence-corrected chi connectivity index (χ2v) is 4.96. The van der Waals surface area contributed by atoms with Crippen molar-refractivity contribution in [1.82, 2.24) is 0 Å². The fourth-order valence-corrected chi connectivity index (χ4v) is 2.28. The lowest BCUT2D eigenvalue weighted by Crippen LogP contribution is -2.44. The van der Waals surface area contributed by atoms with Crippen LogP contribution in [-0.2, 0) is 19.7 Å². The van der Waals surface area contributed by atoms with Crippen LogP contribution >= 0.6 is 0 Å². The molecule has 0 saturated heterocycles. The van der Waals surface area contributed by atoms with Crippen LogP contribution in [0.25, 0.3) is 0 Å². The molecule has 18 heavy (non-hydrogen) atoms. The topological polar surface area (TPSA) is 46.6 Å². The van der Waals surface area contributed by atoms with Gasteiger partial charge in [0.05, 0.1) is 6.10 Å². The second-order valence-electron chi connectivity index (χ2n) is 4.96. The number of carbonyl (C=O) groups excluding carboxylic acids is 2. The van der Waals surface area contributed by atoms with Crippen LogP contribution in [0.1, 0.15) is 26.3 Å². The zero-order valence-corrected chi connectivity index (χ0v) is 11.1. The molecule has 1 unspecified atom stereocenters. The van der Waals surface area contributed by atoms with Gasteiger partial charge in [-0.05, 0) is 26.8 Å². The quantitative estimate of drug-likeness (QED) is 0.592. The molecule has 1 aliphatic rings. The summed E-state index contributed by atoms with van der Waals surface area (Å²) in [4.78, 5) is 26.1. The van der Waals surface area contributed by atoms with Crippen molar-refractivity contribution < 1.29 is 14.3 Å². The van der Waals surface area contributed by atoms with Crippen LogP contribution in [0.5, 0.6) is 0 Å². The number of hydrogen-bond donors (Lipinski definition) is 0. The van der Waals surface area contributed by atoms with Crippen LogP contribution in [0.15, 0.2) is 24.3 Å². The fraction of sp³-hybridized carbons (Fsp3) is 0.429. The summed E-state index contributed by atoms with van der Waals surface area (Å²) in [5.41, 5.74) is 0.254. The molecule has 0 radical (unpaired) electrons. The minimum Gasteiger partial charge on any atom is -0.462 e. The van der Waals surface area contributed by atoms with Crippen molar-refractivity contribution in [1.29, 1.82) is 0 Å². The van der Waals surface area contributed by atoms with E-state index in [2.05, 4.69) is 0 Å². The van der Waals surface area contributed by atoms with Gasteiger partial charge in [0, 0.05) is 18.3 Å². The minimum absolute atomic E-state index is 0.236. The van der Waals surface area contributed by atoms with E-state index in [1.807, 2.05) is 18.2 Å². The molecule has 1 aromatic carbocycles. The predicted octanol–water partition coefficient (Wildman–Crippen LogP) is 1.87. The molecule has 1 amide bonds. The highest BCUT2D eigenvalue weighted by Gasteiger charge is 2.53. The molecule has 0 aliphatic carbocycles. The SMILES string of the molecule is CC(C)OC(=O)C1(C)C(=O)N(C)c2ccccc21. The standard InChI is InChI=1S/C14H17NO3/c1-9(2)18-13(17)14(3)10-7-5-6-8-11(10)15(4)12(14)16/h5-9H,1-4H3. The van der Waals surface area contributed by atoms with Crippen molar-refractivity contribution in [3.8, 4) is 0 Å². The van der Waals surface area contributed by atoms with E-state index in [1.54, 1.807) is 33.9 Å². The zero-order valence-electron chi connectivity index (χ0n) is 11.1. The van der Waals surface area contributed by atoms with Gasteiger partial charge in [-0.1, -0.05) is 18.2 Å². The van der Waals surface area contributed by atoms with Gasteiger partial charge in [0.25, 0.3) is 0 Å². The zero-order chi connectivity index (χ0) is 13.5. The Morgan fingerprint density at radius 2 is 1.94 bits per heavy atom. The molecule has 0 bridgehead atoms. The van der Waals surface area contributed by atoms with E-state index < -0.39 is 11.4 Å². The number of ether oxygens (including phenoxy) is 1. The summed E-state index contributed by atoms with van der Waals surface area (Å²) in [6.07, 6.45) is -0.236. The summed E-state index contributed by atoms with van der Waals surface area (Å²) in [7, 11) is 1.68. The van der Waals surface area contributed by atoms with Gasteiger partial charge in [-0.3, -0.25) is 9.59 Å². The van der Waals surface area contributed by atoms with E-state index in [0.29, 0.717) is 5.56 Å². The highest BCUT2D eigenvalue weighted by Crippen LogP contribution is 2.41. The predicted molar refractivity (Wildman–Crippen MR) is 68.4 cm³/mol. The van der Waals surface area contributed by atoms with Crippen LogP contribution in [0.3, 0.4) is 0 Å². The Hall–Kier alpha value is -1.84. The van der Waals surface area contributed by atoms with Crippen LogP contribution in [0.4, 0.5) is 5.69 Å². The van der Waals surface area contributed by atoms with Crippen molar-refractivity contribution in [2.75, 3.05) is 11.9 Å². The van der Waals surface area contributed by atoms with E-state index >= 15 is 0 Å². The lowest BCUT2D eigenvalue weighted by molar-refractivity contribution is -0.156. The van der Waals surface area contributed by atoms with Gasteiger partial charge in [0.2, 0.25) is 5.91 Å². The third kappa shape index (κ3) is 1.60. The molecule has 4 heteroatoms. The minimum atomic E-state index is -1.23. The number of benzene rings is 1. The number of rotatable bonds is 2. The van der Waals surface area contributed by atoms with E-state index in [0.717, 1.165) is 5.69 Å². The van der Waals surface area contributed by atoms with Crippen molar-refractivity contribution in [2.45, 2.75) is 32.3 Å². The van der Waals surface area contributed by atoms with E-state index in [4.69, 9.17) is 4.74 Å². The number of likely N-dealkylation sites (N-methyl/N-ethyl adjacent to an activating group) is 1. The molecule has 0 spiro atoms. The van der Waals surface area contributed by atoms with Crippen molar-refractivity contribution in [3.05, 3.63) is 29.8 Å². The number of carbonyl (C=O) groups is 2. The molecule has 0 fully saturated rings. The molecular formula is C14H17NO3. The molecule has 0 aromatic heterocycles. The van der Waals surface area contributed by atoms with Crippen LogP contribution in [0.2, 0.25) is 0 Å². The first kappa shape index (κ1) is 12.6. The number of amides is 1. The first-order valence-corrected chi connectivity index (χ1v) is 5.97. The van der Waals surface area contributed by atoms with Crippen molar-refractivity contribution in [2.24, 2.45) is 0 Å². The number of nitrogens with zero attached hydrogens (tertiary/aromatic N) is 1. The highest BCUT2D eigenvalue weighted by atomic mass is 16.5. The molecular weight excluding hydrogens is 230 g/mol. The van der Waals surface area contributed by atoms with Gasteiger partial charge in [-0.25, -0.2) is 0 Å². The maximum absolute atomic E-state index is 12.3. The van der Waals surface area contributed by atoms with Crippen molar-refractivity contribution in [3.63, 3.8) is 0 Å². The number of fused-ring (bicyclic) bond motifs is 1. The van der Waals surface area contributed by atoms with Crippen molar-refractivity contribution >= 4 is 17.6 Å². The fourth-order valence-electron chi connectivity index (χ4n) is 2.28. The summed E-state index contributed by atoms with van der Waals surface area (Å²) in [5, 5.41) is 0. The van der Waals surface area contributed by atoms with Gasteiger partial charge in [0.15, 0.2) is 5.41 Å². The molecule has 96 valence electrons. The monoisotopic (exact) mass is 247 g/mol. The second kappa shape index (κ2) is 4.12. The van der Waals surface area contributed by atoms with Gasteiger partial charge < -0.3 is 9.64 Å². The van der Waals surface area contributed by atoms with Gasteiger partial charge in [-0.15, -0.1) is 0 Å². The summed E-state index contributed by atoms with van der Waals surface area (Å²) in [5.74, 6) is -0.728. The lowest BCUT2D eigenvalue weighted by Gasteiger charge is -2.22. The molecule has 2 rings (SSSR count). The summed E-state index contributed by atoms with van der Waals surface area (Å²) >= 11 is 0. The third-order valence-electron chi connectivity index (χ3n) is 3.29. The molecule has 1 heterocycles. The Balaban J connectivity index is 2.50. The first-order chi connectivity index (χ1) is 8.39. The number of anilines is 1. The maximum atomic E-state index is 12.3. The van der Waals surface area contributed by atoms with Gasteiger partial charge in [-0.2, -0.15) is 0 Å². The number of esters is 1. The lowest BCUT2D eigenvalue weighted by atomic mass is 9.84. The summed E-state index contributed by atoms with van der Waals surface area (Å²) in [6.45, 7) is 5.18. The Kier molecular flexibility index (Phi) is 2.89. The normalized spacial score (nSPS) is 22.3. The third-order valence-corrected chi connectivity index (χ3v) is 3.29. The smallest absolute Gasteiger partial charge is 0.326 e.